The number of halogens is 1. The summed E-state index contributed by atoms with van der Waals surface area (Å²) in [7, 11) is 0. The summed E-state index contributed by atoms with van der Waals surface area (Å²) in [5.74, 6) is 2.47. The van der Waals surface area contributed by atoms with Crippen LogP contribution in [0.5, 0.6) is 11.5 Å². The molecule has 0 fully saturated rings. The number of hydrogen-bond acceptors (Lipinski definition) is 5. The van der Waals surface area contributed by atoms with Crippen molar-refractivity contribution < 1.29 is 9.47 Å². The minimum absolute atomic E-state index is 0.0787. The second kappa shape index (κ2) is 8.57. The standard InChI is InChI=1S/C18H22IN3O3/c1-13(14-5-6-15-16(11-14)25-10-9-24-15)20-7-8-22(12-19)17-3-2-4-18(23)21-17/h2-6,11,13,20H,7-10,12H2,1H3,(H,21,23). The second-order valence-corrected chi connectivity index (χ2v) is 6.54. The predicted octanol–water partition coefficient (Wildman–Crippen LogP) is 2.70. The number of anilines is 1. The van der Waals surface area contributed by atoms with Gasteiger partial charge in [-0.3, -0.25) is 4.79 Å². The molecule has 6 nitrogen and oxygen atoms in total. The van der Waals surface area contributed by atoms with Crippen LogP contribution in [0.1, 0.15) is 18.5 Å². The zero-order chi connectivity index (χ0) is 17.6. The Kier molecular flexibility index (Phi) is 6.19. The van der Waals surface area contributed by atoms with Crippen molar-refractivity contribution >= 4 is 28.4 Å². The number of pyridine rings is 1. The first kappa shape index (κ1) is 18.1. The number of benzene rings is 1. The van der Waals surface area contributed by atoms with Gasteiger partial charge in [0.1, 0.15) is 19.0 Å². The minimum atomic E-state index is -0.0787. The molecule has 0 saturated carbocycles. The van der Waals surface area contributed by atoms with Crippen LogP contribution in [0.3, 0.4) is 0 Å². The number of rotatable bonds is 7. The summed E-state index contributed by atoms with van der Waals surface area (Å²) < 4.78 is 12.0. The van der Waals surface area contributed by atoms with Crippen LogP contribution in [0, 0.1) is 0 Å². The molecule has 0 aliphatic carbocycles. The number of nitrogens with zero attached hydrogens (tertiary/aromatic N) is 1. The molecule has 0 amide bonds. The summed E-state index contributed by atoms with van der Waals surface area (Å²) in [5.41, 5.74) is 1.09. The second-order valence-electron chi connectivity index (χ2n) is 5.86. The Morgan fingerprint density at radius 1 is 1.24 bits per heavy atom. The van der Waals surface area contributed by atoms with Gasteiger partial charge in [-0.25, -0.2) is 0 Å². The van der Waals surface area contributed by atoms with Gasteiger partial charge in [0.2, 0.25) is 5.56 Å². The molecule has 2 N–H and O–H groups in total. The molecule has 3 rings (SSSR count). The van der Waals surface area contributed by atoms with Gasteiger partial charge in [-0.15, -0.1) is 0 Å². The van der Waals surface area contributed by atoms with Crippen LogP contribution in [0.15, 0.2) is 41.2 Å². The van der Waals surface area contributed by atoms with Gasteiger partial charge in [0.25, 0.3) is 0 Å². The van der Waals surface area contributed by atoms with E-state index in [1.54, 1.807) is 6.07 Å². The van der Waals surface area contributed by atoms with Crippen LogP contribution in [0.2, 0.25) is 0 Å². The largest absolute Gasteiger partial charge is 0.486 e. The summed E-state index contributed by atoms with van der Waals surface area (Å²) in [5, 5.41) is 3.52. The van der Waals surface area contributed by atoms with Gasteiger partial charge in [0.15, 0.2) is 11.5 Å². The fourth-order valence-corrected chi connectivity index (χ4v) is 3.44. The lowest BCUT2D eigenvalue weighted by molar-refractivity contribution is 0.171. The number of ether oxygens (including phenoxy) is 2. The molecule has 0 spiro atoms. The van der Waals surface area contributed by atoms with Crippen molar-refractivity contribution in [3.8, 4) is 11.5 Å². The van der Waals surface area contributed by atoms with Crippen molar-refractivity contribution in [2.45, 2.75) is 13.0 Å². The lowest BCUT2D eigenvalue weighted by atomic mass is 10.1. The van der Waals surface area contributed by atoms with Crippen molar-refractivity contribution in [3.05, 3.63) is 52.3 Å². The maximum absolute atomic E-state index is 11.5. The molecule has 1 aromatic heterocycles. The number of H-pyrrole nitrogens is 1. The normalized spacial score (nSPS) is 14.2. The van der Waals surface area contributed by atoms with Crippen molar-refractivity contribution in [2.24, 2.45) is 0 Å². The molecule has 0 saturated heterocycles. The monoisotopic (exact) mass is 455 g/mol. The van der Waals surface area contributed by atoms with E-state index in [9.17, 15) is 4.79 Å². The Hall–Kier alpha value is -1.74. The third-order valence-electron chi connectivity index (χ3n) is 4.14. The Balaban J connectivity index is 1.56. The van der Waals surface area contributed by atoms with E-state index in [4.69, 9.17) is 9.47 Å². The van der Waals surface area contributed by atoms with Gasteiger partial charge in [0.05, 0.1) is 4.55 Å². The van der Waals surface area contributed by atoms with Crippen molar-refractivity contribution in [1.82, 2.24) is 10.3 Å². The highest BCUT2D eigenvalue weighted by atomic mass is 127. The topological polar surface area (TPSA) is 66.6 Å². The first-order valence-electron chi connectivity index (χ1n) is 8.30. The zero-order valence-corrected chi connectivity index (χ0v) is 16.3. The van der Waals surface area contributed by atoms with Crippen molar-refractivity contribution in [3.63, 3.8) is 0 Å². The van der Waals surface area contributed by atoms with E-state index in [-0.39, 0.29) is 11.6 Å². The summed E-state index contributed by atoms with van der Waals surface area (Å²) in [6.07, 6.45) is 0. The Morgan fingerprint density at radius 3 is 2.80 bits per heavy atom. The van der Waals surface area contributed by atoms with Crippen LogP contribution < -0.4 is 25.2 Å². The number of nitrogens with one attached hydrogen (secondary N) is 2. The Labute approximate surface area is 160 Å². The van der Waals surface area contributed by atoms with E-state index >= 15 is 0 Å². The maximum Gasteiger partial charge on any atom is 0.249 e. The van der Waals surface area contributed by atoms with Crippen molar-refractivity contribution in [1.29, 1.82) is 0 Å². The van der Waals surface area contributed by atoms with Crippen molar-refractivity contribution in [2.75, 3.05) is 35.8 Å². The molecular weight excluding hydrogens is 433 g/mol. The van der Waals surface area contributed by atoms with Gasteiger partial charge in [-0.05, 0) is 30.7 Å². The number of aromatic amines is 1. The molecule has 25 heavy (non-hydrogen) atoms. The van der Waals surface area contributed by atoms with Crippen LogP contribution in [-0.2, 0) is 0 Å². The number of aromatic nitrogens is 1. The van der Waals surface area contributed by atoms with Crippen LogP contribution in [0.4, 0.5) is 5.82 Å². The third-order valence-corrected chi connectivity index (χ3v) is 4.96. The fraction of sp³-hybridized carbons (Fsp3) is 0.389. The molecule has 2 heterocycles. The van der Waals surface area contributed by atoms with E-state index in [1.165, 1.54) is 11.6 Å². The number of fused-ring (bicyclic) bond motifs is 1. The van der Waals surface area contributed by atoms with Gasteiger partial charge >= 0.3 is 0 Å². The first-order chi connectivity index (χ1) is 12.2. The summed E-state index contributed by atoms with van der Waals surface area (Å²) in [6, 6.07) is 11.5. The molecule has 0 radical (unpaired) electrons. The van der Waals surface area contributed by atoms with E-state index in [1.807, 2.05) is 18.2 Å². The molecule has 1 unspecified atom stereocenters. The number of hydrogen-bond donors (Lipinski definition) is 2. The lowest BCUT2D eigenvalue weighted by Crippen LogP contribution is -2.33. The third kappa shape index (κ3) is 4.66. The average molecular weight is 455 g/mol. The predicted molar refractivity (Wildman–Crippen MR) is 107 cm³/mol. The molecule has 1 aliphatic heterocycles. The van der Waals surface area contributed by atoms with Crippen LogP contribution >= 0.6 is 22.6 Å². The van der Waals surface area contributed by atoms with E-state index in [0.29, 0.717) is 13.2 Å². The summed E-state index contributed by atoms with van der Waals surface area (Å²) >= 11 is 2.30. The van der Waals surface area contributed by atoms with Gasteiger partial charge < -0.3 is 24.7 Å². The molecule has 0 bridgehead atoms. The summed E-state index contributed by atoms with van der Waals surface area (Å²) in [4.78, 5) is 16.5. The smallest absolute Gasteiger partial charge is 0.249 e. The molecular formula is C18H22IN3O3. The number of alkyl halides is 1. The Morgan fingerprint density at radius 2 is 2.04 bits per heavy atom. The molecule has 1 aliphatic rings. The van der Waals surface area contributed by atoms with E-state index in [0.717, 1.165) is 35.0 Å². The molecule has 2 aromatic rings. The zero-order valence-electron chi connectivity index (χ0n) is 14.1. The van der Waals surface area contributed by atoms with Gasteiger partial charge in [0, 0.05) is 25.2 Å². The van der Waals surface area contributed by atoms with Gasteiger partial charge in [-0.2, -0.15) is 0 Å². The van der Waals surface area contributed by atoms with E-state index in [2.05, 4.69) is 50.8 Å². The van der Waals surface area contributed by atoms with Crippen LogP contribution in [0.25, 0.3) is 0 Å². The molecule has 134 valence electrons. The minimum Gasteiger partial charge on any atom is -0.486 e. The summed E-state index contributed by atoms with van der Waals surface area (Å²) in [6.45, 7) is 4.93. The first-order valence-corrected chi connectivity index (χ1v) is 9.83. The van der Waals surface area contributed by atoms with Gasteiger partial charge in [-0.1, -0.05) is 34.7 Å². The van der Waals surface area contributed by atoms with Crippen LogP contribution in [-0.4, -0.2) is 35.8 Å². The highest BCUT2D eigenvalue weighted by molar-refractivity contribution is 14.1. The molecule has 1 atom stereocenters. The quantitative estimate of drug-likeness (QED) is 0.382. The highest BCUT2D eigenvalue weighted by Crippen LogP contribution is 2.32. The maximum atomic E-state index is 11.5. The Bertz CT molecular complexity index is 765. The average Bonchev–Trinajstić information content (AvgIpc) is 2.64. The molecule has 1 aromatic carbocycles. The molecule has 7 heteroatoms. The highest BCUT2D eigenvalue weighted by Gasteiger charge is 2.14. The fourth-order valence-electron chi connectivity index (χ4n) is 2.73. The lowest BCUT2D eigenvalue weighted by Gasteiger charge is -2.24. The van der Waals surface area contributed by atoms with E-state index < -0.39 is 0 Å². The SMILES string of the molecule is CC(NCCN(CI)c1cccc(=O)[nH]1)c1ccc2c(c1)OCCO2.